The minimum atomic E-state index is 0.0392. The zero-order chi connectivity index (χ0) is 11.0. The van der Waals surface area contributed by atoms with Gasteiger partial charge >= 0.3 is 0 Å². The molecule has 0 atom stereocenters. The van der Waals surface area contributed by atoms with Gasteiger partial charge in [-0.15, -0.1) is 0 Å². The van der Waals surface area contributed by atoms with Crippen LogP contribution in [0.2, 0.25) is 0 Å². The summed E-state index contributed by atoms with van der Waals surface area (Å²) in [6.45, 7) is 3.85. The average Bonchev–Trinajstić information content (AvgIpc) is 2.49. The van der Waals surface area contributed by atoms with Gasteiger partial charge in [0.1, 0.15) is 23.7 Å². The van der Waals surface area contributed by atoms with E-state index in [1.807, 2.05) is 13.8 Å². The fourth-order valence-electron chi connectivity index (χ4n) is 1.35. The quantitative estimate of drug-likeness (QED) is 0.572. The van der Waals surface area contributed by atoms with Crippen molar-refractivity contribution in [1.82, 2.24) is 9.71 Å². The number of hydrogen-bond donors (Lipinski definition) is 2. The highest BCUT2D eigenvalue weighted by Gasteiger charge is 2.08. The van der Waals surface area contributed by atoms with Gasteiger partial charge in [-0.2, -0.15) is 4.73 Å². The van der Waals surface area contributed by atoms with E-state index in [1.165, 1.54) is 6.07 Å². The Bertz CT molecular complexity index is 491. The van der Waals surface area contributed by atoms with E-state index in [1.54, 1.807) is 17.1 Å². The average molecular weight is 207 g/mol. The van der Waals surface area contributed by atoms with Crippen LogP contribution < -0.4 is 10.6 Å². The van der Waals surface area contributed by atoms with Gasteiger partial charge in [0.15, 0.2) is 0 Å². The number of nitrogens with two attached hydrogens (primary N) is 1. The maximum Gasteiger partial charge on any atom is 0.140 e. The van der Waals surface area contributed by atoms with Crippen LogP contribution in [-0.2, 0) is 0 Å². The molecule has 0 saturated heterocycles. The van der Waals surface area contributed by atoms with E-state index in [4.69, 9.17) is 10.6 Å². The van der Waals surface area contributed by atoms with Gasteiger partial charge in [0, 0.05) is 6.07 Å². The molecule has 5 heteroatoms. The van der Waals surface area contributed by atoms with Crippen molar-refractivity contribution in [2.75, 3.05) is 5.73 Å². The summed E-state index contributed by atoms with van der Waals surface area (Å²) < 4.78 is 1.55. The van der Waals surface area contributed by atoms with Crippen molar-refractivity contribution in [3.8, 4) is 5.75 Å². The number of phenolic OH excluding ortho intramolecular Hbond substituents is 1. The van der Waals surface area contributed by atoms with Gasteiger partial charge in [-0.05, 0) is 19.9 Å². The molecule has 3 N–H and O–H groups in total. The molecule has 0 aliphatic heterocycles. The summed E-state index contributed by atoms with van der Waals surface area (Å²) in [5, 5.41) is 9.39. The standard InChI is InChI=1S/C10H13N3O2/c1-6(2)15-13-5-12-8-4-10(14)7(11)3-9(8)13/h3-6,14H,11H2,1-2H3. The molecule has 0 unspecified atom stereocenters. The number of aromatic nitrogens is 2. The van der Waals surface area contributed by atoms with E-state index in [-0.39, 0.29) is 11.9 Å². The Labute approximate surface area is 87.0 Å². The molecule has 0 spiro atoms. The van der Waals surface area contributed by atoms with Crippen LogP contribution in [0.25, 0.3) is 11.0 Å². The highest BCUT2D eigenvalue weighted by molar-refractivity contribution is 5.82. The van der Waals surface area contributed by atoms with Crippen molar-refractivity contribution in [2.45, 2.75) is 20.0 Å². The molecular weight excluding hydrogens is 194 g/mol. The first kappa shape index (κ1) is 9.64. The summed E-state index contributed by atoms with van der Waals surface area (Å²) in [6, 6.07) is 3.16. The van der Waals surface area contributed by atoms with Gasteiger partial charge in [0.25, 0.3) is 0 Å². The number of nitrogens with zero attached hydrogens (tertiary/aromatic N) is 2. The second-order valence-electron chi connectivity index (χ2n) is 3.62. The Kier molecular flexibility index (Phi) is 2.15. The maximum absolute atomic E-state index is 9.39. The fraction of sp³-hybridized carbons (Fsp3) is 0.300. The van der Waals surface area contributed by atoms with Gasteiger partial charge < -0.3 is 15.7 Å². The first-order valence-corrected chi connectivity index (χ1v) is 4.70. The number of imidazole rings is 1. The second kappa shape index (κ2) is 3.34. The lowest BCUT2D eigenvalue weighted by Gasteiger charge is -2.10. The normalized spacial score (nSPS) is 11.1. The van der Waals surface area contributed by atoms with E-state index in [0.29, 0.717) is 11.2 Å². The summed E-state index contributed by atoms with van der Waals surface area (Å²) in [5.74, 6) is 0.0392. The van der Waals surface area contributed by atoms with Crippen molar-refractivity contribution >= 4 is 16.7 Å². The molecule has 5 nitrogen and oxygen atoms in total. The molecule has 2 rings (SSSR count). The van der Waals surface area contributed by atoms with Gasteiger partial charge in [0.05, 0.1) is 11.2 Å². The molecule has 0 saturated carbocycles. The topological polar surface area (TPSA) is 73.3 Å². The third-order valence-electron chi connectivity index (χ3n) is 1.99. The Morgan fingerprint density at radius 2 is 2.20 bits per heavy atom. The lowest BCUT2D eigenvalue weighted by atomic mass is 10.2. The smallest absolute Gasteiger partial charge is 0.140 e. The number of rotatable bonds is 2. The monoisotopic (exact) mass is 207 g/mol. The summed E-state index contributed by atoms with van der Waals surface area (Å²) in [5.41, 5.74) is 7.32. The second-order valence-corrected chi connectivity index (χ2v) is 3.62. The highest BCUT2D eigenvalue weighted by Crippen LogP contribution is 2.25. The van der Waals surface area contributed by atoms with E-state index in [2.05, 4.69) is 4.98 Å². The first-order chi connectivity index (χ1) is 7.08. The van der Waals surface area contributed by atoms with E-state index < -0.39 is 0 Å². The molecule has 1 heterocycles. The van der Waals surface area contributed by atoms with Crippen LogP contribution >= 0.6 is 0 Å². The summed E-state index contributed by atoms with van der Waals surface area (Å²) in [6.07, 6.45) is 1.61. The molecule has 0 bridgehead atoms. The number of hydrogen-bond acceptors (Lipinski definition) is 4. The predicted octanol–water partition coefficient (Wildman–Crippen LogP) is 1.16. The molecule has 1 aromatic carbocycles. The van der Waals surface area contributed by atoms with Crippen molar-refractivity contribution in [3.05, 3.63) is 18.5 Å². The molecule has 0 radical (unpaired) electrons. The number of anilines is 1. The van der Waals surface area contributed by atoms with Crippen LogP contribution in [-0.4, -0.2) is 20.9 Å². The Morgan fingerprint density at radius 3 is 2.87 bits per heavy atom. The van der Waals surface area contributed by atoms with Crippen LogP contribution in [0, 0.1) is 0 Å². The molecule has 0 amide bonds. The molecular formula is C10H13N3O2. The Morgan fingerprint density at radius 1 is 1.47 bits per heavy atom. The van der Waals surface area contributed by atoms with Crippen molar-refractivity contribution in [2.24, 2.45) is 0 Å². The zero-order valence-corrected chi connectivity index (χ0v) is 8.64. The minimum absolute atomic E-state index is 0.0392. The zero-order valence-electron chi connectivity index (χ0n) is 8.64. The van der Waals surface area contributed by atoms with E-state index in [9.17, 15) is 5.11 Å². The minimum Gasteiger partial charge on any atom is -0.506 e. The van der Waals surface area contributed by atoms with Crippen molar-refractivity contribution in [1.29, 1.82) is 0 Å². The van der Waals surface area contributed by atoms with Gasteiger partial charge in [0.2, 0.25) is 0 Å². The third kappa shape index (κ3) is 1.68. The summed E-state index contributed by atoms with van der Waals surface area (Å²) in [4.78, 5) is 9.58. The van der Waals surface area contributed by atoms with Crippen molar-refractivity contribution < 1.29 is 9.94 Å². The largest absolute Gasteiger partial charge is 0.506 e. The predicted molar refractivity (Wildman–Crippen MR) is 57.5 cm³/mol. The summed E-state index contributed by atoms with van der Waals surface area (Å²) >= 11 is 0. The third-order valence-corrected chi connectivity index (χ3v) is 1.99. The van der Waals surface area contributed by atoms with Gasteiger partial charge in [-0.25, -0.2) is 4.98 Å². The molecule has 1 aromatic heterocycles. The maximum atomic E-state index is 9.39. The van der Waals surface area contributed by atoms with Crippen LogP contribution in [0.3, 0.4) is 0 Å². The molecule has 0 aliphatic rings. The van der Waals surface area contributed by atoms with E-state index in [0.717, 1.165) is 5.52 Å². The van der Waals surface area contributed by atoms with Crippen molar-refractivity contribution in [3.63, 3.8) is 0 Å². The van der Waals surface area contributed by atoms with Gasteiger partial charge in [-0.3, -0.25) is 0 Å². The lowest BCUT2D eigenvalue weighted by Crippen LogP contribution is -2.17. The first-order valence-electron chi connectivity index (χ1n) is 4.70. The number of fused-ring (bicyclic) bond motifs is 1. The number of benzene rings is 1. The lowest BCUT2D eigenvalue weighted by molar-refractivity contribution is 0.0675. The molecule has 0 aliphatic carbocycles. The fourth-order valence-corrected chi connectivity index (χ4v) is 1.35. The van der Waals surface area contributed by atoms with Gasteiger partial charge in [-0.1, -0.05) is 0 Å². The highest BCUT2D eigenvalue weighted by atomic mass is 16.7. The Balaban J connectivity index is 2.54. The summed E-state index contributed by atoms with van der Waals surface area (Å²) in [7, 11) is 0. The molecule has 80 valence electrons. The Hall–Kier alpha value is -1.91. The van der Waals surface area contributed by atoms with Crippen LogP contribution in [0.15, 0.2) is 18.5 Å². The SMILES string of the molecule is CC(C)On1cnc2cc(O)c(N)cc21. The molecule has 15 heavy (non-hydrogen) atoms. The van der Waals surface area contributed by atoms with Crippen LogP contribution in [0.4, 0.5) is 5.69 Å². The van der Waals surface area contributed by atoms with Crippen LogP contribution in [0.1, 0.15) is 13.8 Å². The number of nitrogen functional groups attached to an aromatic ring is 1. The van der Waals surface area contributed by atoms with E-state index >= 15 is 0 Å². The molecule has 2 aromatic rings. The molecule has 0 fully saturated rings. The number of aromatic hydroxyl groups is 1. The number of phenols is 1. The van der Waals surface area contributed by atoms with Crippen LogP contribution in [0.5, 0.6) is 5.75 Å².